The zero-order valence-electron chi connectivity index (χ0n) is 13.5. The minimum atomic E-state index is -0.732. The van der Waals surface area contributed by atoms with E-state index >= 15 is 0 Å². The van der Waals surface area contributed by atoms with E-state index in [0.717, 1.165) is 17.7 Å². The number of hydrogen-bond donors (Lipinski definition) is 0. The second-order valence-electron chi connectivity index (χ2n) is 5.16. The number of carbonyl (C=O) groups is 1. The summed E-state index contributed by atoms with van der Waals surface area (Å²) < 4.78 is 5.14. The molecular weight excluding hydrogens is 328 g/mol. The zero-order chi connectivity index (χ0) is 18.6. The van der Waals surface area contributed by atoms with Gasteiger partial charge in [-0.15, -0.1) is 0 Å². The Morgan fingerprint density at radius 2 is 1.80 bits per heavy atom. The molecule has 25 heavy (non-hydrogen) atoms. The van der Waals surface area contributed by atoms with Gasteiger partial charge >= 0.3 is 0 Å². The van der Waals surface area contributed by atoms with E-state index in [1.165, 1.54) is 25.3 Å². The van der Waals surface area contributed by atoms with Crippen LogP contribution in [-0.4, -0.2) is 22.7 Å². The van der Waals surface area contributed by atoms with Gasteiger partial charge in [0.2, 0.25) is 0 Å². The Bertz CT molecular complexity index is 889. The summed E-state index contributed by atoms with van der Waals surface area (Å²) in [6.07, 6.45) is 2.43. The monoisotopic (exact) mass is 342 g/mol. The van der Waals surface area contributed by atoms with Crippen LogP contribution in [0.2, 0.25) is 0 Å². The van der Waals surface area contributed by atoms with Crippen molar-refractivity contribution in [3.63, 3.8) is 0 Å². The first kappa shape index (κ1) is 17.8. The van der Waals surface area contributed by atoms with Gasteiger partial charge in [0, 0.05) is 6.07 Å². The van der Waals surface area contributed by atoms with Crippen molar-refractivity contribution < 1.29 is 19.4 Å². The maximum atomic E-state index is 12.4. The molecule has 0 amide bonds. The number of nitrogens with zero attached hydrogens (tertiary/aromatic N) is 2. The molecule has 0 saturated heterocycles. The van der Waals surface area contributed by atoms with Gasteiger partial charge in [-0.25, -0.2) is 0 Å². The lowest BCUT2D eigenvalue weighted by molar-refractivity contribution is -0.394. The van der Waals surface area contributed by atoms with Crippen LogP contribution in [0.15, 0.2) is 42.5 Å². The highest BCUT2D eigenvalue weighted by atomic mass is 16.6. The summed E-state index contributed by atoms with van der Waals surface area (Å²) >= 11 is 0. The highest BCUT2D eigenvalue weighted by molar-refractivity contribution is 6.09. The molecular formula is C17H14N2O6. The average Bonchev–Trinajstić information content (AvgIpc) is 2.59. The molecule has 0 aliphatic rings. The predicted molar refractivity (Wildman–Crippen MR) is 90.8 cm³/mol. The second-order valence-corrected chi connectivity index (χ2v) is 5.16. The topological polar surface area (TPSA) is 113 Å². The molecule has 0 N–H and O–H groups in total. The van der Waals surface area contributed by atoms with E-state index in [1.807, 2.05) is 6.92 Å². The molecule has 0 atom stereocenters. The summed E-state index contributed by atoms with van der Waals surface area (Å²) in [4.78, 5) is 32.7. The average molecular weight is 342 g/mol. The molecule has 2 rings (SSSR count). The number of aryl methyl sites for hydroxylation is 1. The minimum Gasteiger partial charge on any atom is -0.496 e. The predicted octanol–water partition coefficient (Wildman–Crippen LogP) is 3.72. The Kier molecular flexibility index (Phi) is 5.23. The fourth-order valence-electron chi connectivity index (χ4n) is 2.21. The van der Waals surface area contributed by atoms with Crippen molar-refractivity contribution in [2.24, 2.45) is 0 Å². The van der Waals surface area contributed by atoms with Crippen molar-refractivity contribution in [1.82, 2.24) is 0 Å². The van der Waals surface area contributed by atoms with Gasteiger partial charge in [-0.2, -0.15) is 0 Å². The van der Waals surface area contributed by atoms with Gasteiger partial charge in [0.15, 0.2) is 5.78 Å². The fourth-order valence-corrected chi connectivity index (χ4v) is 2.21. The van der Waals surface area contributed by atoms with Crippen molar-refractivity contribution in [1.29, 1.82) is 0 Å². The highest BCUT2D eigenvalue weighted by Gasteiger charge is 2.18. The van der Waals surface area contributed by atoms with E-state index in [4.69, 9.17) is 4.74 Å². The van der Waals surface area contributed by atoms with Crippen LogP contribution in [0.25, 0.3) is 6.08 Å². The Hall–Kier alpha value is -3.55. The first-order valence-electron chi connectivity index (χ1n) is 7.13. The summed E-state index contributed by atoms with van der Waals surface area (Å²) in [7, 11) is 1.44. The lowest BCUT2D eigenvalue weighted by Gasteiger charge is -2.06. The smallest absolute Gasteiger partial charge is 0.283 e. The number of hydrogen-bond acceptors (Lipinski definition) is 6. The first-order valence-corrected chi connectivity index (χ1v) is 7.13. The lowest BCUT2D eigenvalue weighted by Crippen LogP contribution is -2.00. The fraction of sp³-hybridized carbons (Fsp3) is 0.118. The van der Waals surface area contributed by atoms with Crippen molar-refractivity contribution in [2.75, 3.05) is 7.11 Å². The summed E-state index contributed by atoms with van der Waals surface area (Å²) in [5.74, 6) is -0.00773. The van der Waals surface area contributed by atoms with Gasteiger partial charge in [-0.1, -0.05) is 11.6 Å². The number of ether oxygens (including phenoxy) is 1. The molecule has 0 radical (unpaired) electrons. The quantitative estimate of drug-likeness (QED) is 0.342. The number of benzene rings is 2. The van der Waals surface area contributed by atoms with Crippen LogP contribution in [0.3, 0.4) is 0 Å². The maximum Gasteiger partial charge on any atom is 0.283 e. The number of rotatable bonds is 6. The molecule has 128 valence electrons. The molecule has 0 aromatic heterocycles. The van der Waals surface area contributed by atoms with Crippen LogP contribution in [-0.2, 0) is 0 Å². The number of non-ortho nitro benzene ring substituents is 1. The molecule has 2 aromatic rings. The van der Waals surface area contributed by atoms with Gasteiger partial charge in [-0.05, 0) is 37.3 Å². The molecule has 0 unspecified atom stereocenters. The zero-order valence-corrected chi connectivity index (χ0v) is 13.5. The standard InChI is InChI=1S/C17H14N2O6/c1-11-3-8-17(25-2)14(9-11)16(20)7-5-12-4-6-13(18(21)22)10-15(12)19(23)24/h3-10H,1-2H3/b7-5+. The third-order valence-electron chi connectivity index (χ3n) is 3.46. The third kappa shape index (κ3) is 4.05. The van der Waals surface area contributed by atoms with E-state index in [9.17, 15) is 25.0 Å². The number of carbonyl (C=O) groups excluding carboxylic acids is 1. The Balaban J connectivity index is 2.39. The largest absolute Gasteiger partial charge is 0.496 e. The Morgan fingerprint density at radius 3 is 2.40 bits per heavy atom. The molecule has 8 heteroatoms. The van der Waals surface area contributed by atoms with E-state index in [-0.39, 0.29) is 5.56 Å². The Morgan fingerprint density at radius 1 is 1.08 bits per heavy atom. The van der Waals surface area contributed by atoms with E-state index in [1.54, 1.807) is 18.2 Å². The number of nitro groups is 2. The van der Waals surface area contributed by atoms with Gasteiger partial charge in [0.1, 0.15) is 5.75 Å². The number of nitro benzene ring substituents is 2. The lowest BCUT2D eigenvalue weighted by atomic mass is 10.0. The van der Waals surface area contributed by atoms with Gasteiger partial charge in [-0.3, -0.25) is 25.0 Å². The highest BCUT2D eigenvalue weighted by Crippen LogP contribution is 2.26. The van der Waals surface area contributed by atoms with Gasteiger partial charge in [0.05, 0.1) is 34.1 Å². The Labute approximate surface area is 142 Å². The molecule has 0 heterocycles. The summed E-state index contributed by atoms with van der Waals surface area (Å²) in [6.45, 7) is 1.82. The van der Waals surface area contributed by atoms with Crippen molar-refractivity contribution in [2.45, 2.75) is 6.92 Å². The SMILES string of the molecule is COc1ccc(C)cc1C(=O)/C=C/c1ccc([N+](=O)[O-])cc1[N+](=O)[O-]. The molecule has 0 saturated carbocycles. The molecule has 0 aliphatic heterocycles. The van der Waals surface area contributed by atoms with E-state index < -0.39 is 27.0 Å². The summed E-state index contributed by atoms with van der Waals surface area (Å²) in [5, 5.41) is 21.8. The van der Waals surface area contributed by atoms with Crippen molar-refractivity contribution in [3.05, 3.63) is 79.4 Å². The van der Waals surface area contributed by atoms with E-state index in [2.05, 4.69) is 0 Å². The normalized spacial score (nSPS) is 10.6. The van der Waals surface area contributed by atoms with Crippen LogP contribution in [0.5, 0.6) is 5.75 Å². The molecule has 2 aromatic carbocycles. The van der Waals surface area contributed by atoms with Crippen LogP contribution in [0.1, 0.15) is 21.5 Å². The summed E-state index contributed by atoms with van der Waals surface area (Å²) in [5.41, 5.74) is 0.433. The van der Waals surface area contributed by atoms with E-state index in [0.29, 0.717) is 11.3 Å². The molecule has 8 nitrogen and oxygen atoms in total. The number of allylic oxidation sites excluding steroid dienone is 1. The first-order chi connectivity index (χ1) is 11.8. The number of ketones is 1. The van der Waals surface area contributed by atoms with Gasteiger partial charge in [0.25, 0.3) is 11.4 Å². The molecule has 0 aliphatic carbocycles. The van der Waals surface area contributed by atoms with Crippen LogP contribution in [0.4, 0.5) is 11.4 Å². The van der Waals surface area contributed by atoms with Crippen LogP contribution >= 0.6 is 0 Å². The third-order valence-corrected chi connectivity index (χ3v) is 3.46. The second kappa shape index (κ2) is 7.35. The van der Waals surface area contributed by atoms with Crippen LogP contribution in [0, 0.1) is 27.2 Å². The molecule has 0 fully saturated rings. The summed E-state index contributed by atoms with van der Waals surface area (Å²) in [6, 6.07) is 8.33. The van der Waals surface area contributed by atoms with Crippen LogP contribution < -0.4 is 4.74 Å². The van der Waals surface area contributed by atoms with Crippen molar-refractivity contribution >= 4 is 23.2 Å². The molecule has 0 spiro atoms. The number of methoxy groups -OCH3 is 1. The maximum absolute atomic E-state index is 12.4. The minimum absolute atomic E-state index is 0.0931. The van der Waals surface area contributed by atoms with Crippen molar-refractivity contribution in [3.8, 4) is 5.75 Å². The molecule has 0 bridgehead atoms. The van der Waals surface area contributed by atoms with Gasteiger partial charge < -0.3 is 4.74 Å².